The van der Waals surface area contributed by atoms with Crippen molar-refractivity contribution in [3.05, 3.63) is 0 Å². The van der Waals surface area contributed by atoms with Gasteiger partial charge in [0.2, 0.25) is 0 Å². The van der Waals surface area contributed by atoms with Crippen LogP contribution >= 0.6 is 0 Å². The van der Waals surface area contributed by atoms with Crippen molar-refractivity contribution in [1.29, 1.82) is 0 Å². The maximum Gasteiger partial charge on any atom is -0.00000162 e. The van der Waals surface area contributed by atoms with Crippen LogP contribution in [-0.2, 0) is 0 Å². The highest BCUT2D eigenvalue weighted by molar-refractivity contribution is 8.10. The molecule has 0 unspecified atom stereocenters. The average molecular weight is 154 g/mol. The van der Waals surface area contributed by atoms with E-state index < -0.39 is 19.2 Å². The molecule has 14 radical (unpaired) electrons. The van der Waals surface area contributed by atoms with Gasteiger partial charge in [-0.3, -0.25) is 0 Å². The largest absolute Gasteiger partial charge is 0.128 e. The molecule has 0 aromatic carbocycles. The Morgan fingerprint density at radius 3 is 0.929 bits per heavy atom. The maximum absolute atomic E-state index is 5.84. The minimum Gasteiger partial charge on any atom is -0.128 e. The molecule has 0 rings (SSSR count). The zero-order chi connectivity index (χ0) is 11.5. The Morgan fingerprint density at radius 2 is 0.857 bits per heavy atom. The Hall–Kier alpha value is 0.909. The molecule has 0 nitrogen and oxygen atoms in total. The molecule has 0 atom stereocenters. The number of rotatable bonds is 5. The summed E-state index contributed by atoms with van der Waals surface area (Å²) in [7, 11) is 39.4. The molecule has 0 aliphatic carbocycles. The summed E-state index contributed by atoms with van der Waals surface area (Å²) in [6.07, 6.45) is -2.38. The van der Waals surface area contributed by atoms with Gasteiger partial charge in [0.05, 0.1) is 0 Å². The van der Waals surface area contributed by atoms with Gasteiger partial charge in [-0.05, 0) is 86.1 Å². The lowest BCUT2D eigenvalue weighted by Crippen LogP contribution is -2.72. The van der Waals surface area contributed by atoms with E-state index in [1.54, 1.807) is 0 Å². The van der Waals surface area contributed by atoms with Crippen LogP contribution in [0.5, 0.6) is 0 Å². The van der Waals surface area contributed by atoms with Gasteiger partial charge in [0.1, 0.15) is 0 Å². The van der Waals surface area contributed by atoms with Crippen LogP contribution in [0.25, 0.3) is 0 Å². The van der Waals surface area contributed by atoms with Crippen LogP contribution in [0.3, 0.4) is 0 Å². The molecular weight excluding hydrogens is 151 g/mol. The summed E-state index contributed by atoms with van der Waals surface area (Å²) in [5.74, 6) is 0. The normalized spacial score (nSPS) is 8.93. The molecule has 0 heterocycles. The molecule has 0 fully saturated rings. The van der Waals surface area contributed by atoms with Gasteiger partial charge in [-0.25, -0.2) is 0 Å². The Bertz CT molecular complexity index is 108. The smallest absolute Gasteiger partial charge is 0.00000162 e. The van der Waals surface area contributed by atoms with Crippen molar-refractivity contribution >= 4 is 100 Å². The third-order valence-corrected chi connectivity index (χ3v) is 2.00. The minimum absolute atomic E-state index is 0.0100. The van der Waals surface area contributed by atoms with E-state index in [2.05, 4.69) is 0 Å². The molecule has 0 saturated carbocycles. The van der Waals surface area contributed by atoms with E-state index >= 15 is 0 Å². The van der Waals surface area contributed by atoms with Gasteiger partial charge in [-0.1, -0.05) is 7.74 Å². The second-order valence-electron chi connectivity index (χ2n) is 3.08. The number of hydrogen-bond acceptors (Lipinski definition) is 0. The molecule has 14 heteroatoms. The Balaban J connectivity index is 4.74. The van der Waals surface area contributed by atoms with E-state index in [0.717, 1.165) is 0 Å². The molecule has 0 saturated heterocycles. The molecule has 0 N–H and O–H groups in total. The summed E-state index contributed by atoms with van der Waals surface area (Å²) >= 11 is 0. The lowest BCUT2D eigenvalue weighted by atomic mass is 8.47. The van der Waals surface area contributed by atoms with Gasteiger partial charge < -0.3 is 0 Å². The van der Waals surface area contributed by atoms with Crippen molar-refractivity contribution in [2.24, 2.45) is 0 Å². The molecule has 0 spiro atoms. The Kier molecular flexibility index (Phi) is 6.90. The topological polar surface area (TPSA) is 0 Å². The summed E-state index contributed by atoms with van der Waals surface area (Å²) in [6.45, 7) is 0. The van der Waals surface area contributed by atoms with E-state index in [1.807, 2.05) is 0 Å². The molecule has 0 aliphatic heterocycles. The monoisotopic (exact) mass is 157 g/mol. The SMILES string of the molecule is [B]B([B])B(B([B])[B])B(B([B])[B])B([B])[BH3-]. The van der Waals surface area contributed by atoms with Gasteiger partial charge in [-0.15, -0.1) is 6.39 Å². The van der Waals surface area contributed by atoms with Crippen molar-refractivity contribution in [3.8, 4) is 0 Å². The van der Waals surface area contributed by atoms with Crippen molar-refractivity contribution in [2.75, 3.05) is 0 Å². The van der Waals surface area contributed by atoms with E-state index in [4.69, 9.17) is 54.2 Å². The first-order chi connectivity index (χ1) is 6.29. The fraction of sp³-hybridized carbons (Fsp3) is 0. The van der Waals surface area contributed by atoms with E-state index in [0.29, 0.717) is 0 Å². The van der Waals surface area contributed by atoms with Crippen LogP contribution in [0.2, 0.25) is 0 Å². The minimum atomic E-state index is -0.640. The number of hydrogen-bond donors (Lipinski definition) is 0. The van der Waals surface area contributed by atoms with Crippen LogP contribution in [0.4, 0.5) is 0 Å². The van der Waals surface area contributed by atoms with Crippen LogP contribution in [0.1, 0.15) is 0 Å². The zero-order valence-electron chi connectivity index (χ0n) is 7.51. The van der Waals surface area contributed by atoms with Crippen LogP contribution in [-0.4, -0.2) is 100 Å². The summed E-state index contributed by atoms with van der Waals surface area (Å²) in [4.78, 5) is 0. The van der Waals surface area contributed by atoms with Crippen LogP contribution in [0.15, 0.2) is 0 Å². The first kappa shape index (κ1) is 14.9. The van der Waals surface area contributed by atoms with Crippen LogP contribution < -0.4 is 0 Å². The fourth-order valence-electron chi connectivity index (χ4n) is 1.28. The summed E-state index contributed by atoms with van der Waals surface area (Å²) in [6, 6.07) is 0. The van der Waals surface area contributed by atoms with E-state index in [1.165, 1.54) is 0 Å². The third-order valence-electron chi connectivity index (χ3n) is 2.00. The molecule has 0 aliphatic rings. The van der Waals surface area contributed by atoms with Crippen molar-refractivity contribution in [2.45, 2.75) is 0 Å². The van der Waals surface area contributed by atoms with Crippen LogP contribution in [0, 0.1) is 0 Å². The van der Waals surface area contributed by atoms with Crippen molar-refractivity contribution in [3.63, 3.8) is 0 Å². The van der Waals surface area contributed by atoms with Gasteiger partial charge in [0.15, 0.2) is 0 Å². The molecule has 0 bridgehead atoms. The summed E-state index contributed by atoms with van der Waals surface area (Å²) in [5.41, 5.74) is 0. The highest BCUT2D eigenvalue weighted by Crippen LogP contribution is 1.97. The Morgan fingerprint density at radius 1 is 0.571 bits per heavy atom. The van der Waals surface area contributed by atoms with Gasteiger partial charge in [-0.2, -0.15) is 0 Å². The lowest BCUT2D eigenvalue weighted by molar-refractivity contribution is 3.41. The van der Waals surface area contributed by atoms with Crippen molar-refractivity contribution in [1.82, 2.24) is 0 Å². The molecular formula is H3B14-. The van der Waals surface area contributed by atoms with Gasteiger partial charge in [0, 0.05) is 0 Å². The predicted octanol–water partition coefficient (Wildman–Crippen LogP) is -6.13. The quantitative estimate of drug-likeness (QED) is 0.346. The Labute approximate surface area is 100 Å². The molecule has 0 amide bonds. The molecule has 46 valence electrons. The predicted molar refractivity (Wildman–Crippen MR) is 84.7 cm³/mol. The van der Waals surface area contributed by atoms with Gasteiger partial charge in [0.25, 0.3) is 0 Å². The first-order valence-electron chi connectivity index (χ1n) is 4.00. The third kappa shape index (κ3) is 4.19. The second kappa shape index (κ2) is 6.48. The second-order valence-corrected chi connectivity index (χ2v) is 3.08. The maximum atomic E-state index is 5.84. The zero-order valence-corrected chi connectivity index (χ0v) is 7.51. The summed E-state index contributed by atoms with van der Waals surface area (Å²) < 4.78 is 0. The van der Waals surface area contributed by atoms with E-state index in [-0.39, 0.29) is 26.9 Å². The standard InChI is InChI=1S/B14H3/c1-9(2)13(10(3)4)14(11(5)6)12(7)8/h1H3/q-1. The highest BCUT2D eigenvalue weighted by atomic mass is 13.2. The molecule has 0 aromatic heterocycles. The average Bonchev–Trinajstić information content (AvgIpc) is 1.96. The molecule has 0 aromatic rings. The van der Waals surface area contributed by atoms with E-state index in [9.17, 15) is 0 Å². The lowest BCUT2D eigenvalue weighted by Gasteiger charge is -2.37. The van der Waals surface area contributed by atoms with Gasteiger partial charge >= 0.3 is 0 Å². The fourth-order valence-corrected chi connectivity index (χ4v) is 1.28. The summed E-state index contributed by atoms with van der Waals surface area (Å²) in [5, 5.41) is 0. The highest BCUT2D eigenvalue weighted by Gasteiger charge is 2.33. The first-order valence-corrected chi connectivity index (χ1v) is 4.00. The van der Waals surface area contributed by atoms with Crippen molar-refractivity contribution < 1.29 is 0 Å². The molecule has 14 heavy (non-hydrogen) atoms.